The first-order chi connectivity index (χ1) is 9.61. The normalized spacial score (nSPS) is 11.4. The predicted octanol–water partition coefficient (Wildman–Crippen LogP) is 3.00. The van der Waals surface area contributed by atoms with Gasteiger partial charge in [-0.15, -0.1) is 0 Å². The first-order valence-electron chi connectivity index (χ1n) is 6.33. The van der Waals surface area contributed by atoms with Gasteiger partial charge in [-0.25, -0.2) is 0 Å². The number of amides is 1. The monoisotopic (exact) mass is 265 g/mol. The zero-order valence-electron chi connectivity index (χ0n) is 11.4. The lowest BCUT2D eigenvalue weighted by Gasteiger charge is -2.13. The van der Waals surface area contributed by atoms with E-state index in [0.717, 1.165) is 11.1 Å². The van der Waals surface area contributed by atoms with E-state index < -0.39 is 0 Å². The molecule has 1 amide bonds. The second-order valence-corrected chi connectivity index (χ2v) is 4.64. The molecular weight excluding hydrogens is 250 g/mol. The Balaban J connectivity index is 2.17. The van der Waals surface area contributed by atoms with Crippen molar-refractivity contribution in [3.05, 3.63) is 59.4 Å². The maximum absolute atomic E-state index is 12.2. The van der Waals surface area contributed by atoms with Crippen LogP contribution in [0.5, 0.6) is 0 Å². The molecule has 2 aromatic rings. The Bertz CT molecular complexity index is 673. The van der Waals surface area contributed by atoms with Crippen LogP contribution in [0.15, 0.2) is 42.7 Å². The number of nitriles is 1. The number of aryl methyl sites for hydroxylation is 1. The first-order valence-corrected chi connectivity index (χ1v) is 6.33. The molecule has 0 fully saturated rings. The second-order valence-electron chi connectivity index (χ2n) is 4.64. The van der Waals surface area contributed by atoms with Crippen molar-refractivity contribution in [2.75, 3.05) is 5.32 Å². The summed E-state index contributed by atoms with van der Waals surface area (Å²) in [6.07, 6.45) is 3.32. The molecule has 0 radical (unpaired) electrons. The van der Waals surface area contributed by atoms with Gasteiger partial charge in [0.2, 0.25) is 5.91 Å². The Hall–Kier alpha value is -2.67. The summed E-state index contributed by atoms with van der Waals surface area (Å²) in [5.41, 5.74) is 3.05. The van der Waals surface area contributed by atoms with Gasteiger partial charge in [-0.2, -0.15) is 5.26 Å². The molecule has 0 saturated heterocycles. The fourth-order valence-corrected chi connectivity index (χ4v) is 1.86. The zero-order chi connectivity index (χ0) is 14.5. The summed E-state index contributed by atoms with van der Waals surface area (Å²) in [6, 6.07) is 11.0. The van der Waals surface area contributed by atoms with Gasteiger partial charge in [0.1, 0.15) is 0 Å². The van der Waals surface area contributed by atoms with Crippen LogP contribution >= 0.6 is 0 Å². The highest BCUT2D eigenvalue weighted by Crippen LogP contribution is 2.20. The van der Waals surface area contributed by atoms with Crippen molar-refractivity contribution in [1.29, 1.82) is 5.26 Å². The van der Waals surface area contributed by atoms with E-state index in [1.54, 1.807) is 30.6 Å². The summed E-state index contributed by atoms with van der Waals surface area (Å²) in [5.74, 6) is -0.445. The van der Waals surface area contributed by atoms with Gasteiger partial charge in [0.25, 0.3) is 0 Å². The van der Waals surface area contributed by atoms with E-state index in [1.807, 2.05) is 26.0 Å². The number of benzene rings is 1. The number of carbonyl (C=O) groups is 1. The largest absolute Gasteiger partial charge is 0.324 e. The second kappa shape index (κ2) is 5.98. The molecule has 1 atom stereocenters. The molecule has 0 saturated carbocycles. The van der Waals surface area contributed by atoms with Gasteiger partial charge in [-0.05, 0) is 43.2 Å². The summed E-state index contributed by atoms with van der Waals surface area (Å²) >= 11 is 0. The fraction of sp³-hybridized carbons (Fsp3) is 0.188. The number of nitrogens with zero attached hydrogens (tertiary/aromatic N) is 2. The molecule has 1 N–H and O–H groups in total. The average molecular weight is 265 g/mol. The highest BCUT2D eigenvalue weighted by molar-refractivity contribution is 5.96. The van der Waals surface area contributed by atoms with Gasteiger partial charge in [0.05, 0.1) is 29.4 Å². The van der Waals surface area contributed by atoms with Gasteiger partial charge in [0.15, 0.2) is 0 Å². The van der Waals surface area contributed by atoms with E-state index >= 15 is 0 Å². The minimum Gasteiger partial charge on any atom is -0.324 e. The molecular formula is C16H15N3O. The van der Waals surface area contributed by atoms with Crippen LogP contribution < -0.4 is 5.32 Å². The third-order valence-electron chi connectivity index (χ3n) is 3.21. The number of carbonyl (C=O) groups excluding carboxylic acids is 1. The molecule has 4 nitrogen and oxygen atoms in total. The molecule has 0 aliphatic heterocycles. The Morgan fingerprint density at radius 1 is 1.40 bits per heavy atom. The Labute approximate surface area is 118 Å². The van der Waals surface area contributed by atoms with Gasteiger partial charge in [-0.3, -0.25) is 9.78 Å². The van der Waals surface area contributed by atoms with E-state index in [4.69, 9.17) is 5.26 Å². The number of aromatic nitrogens is 1. The average Bonchev–Trinajstić information content (AvgIpc) is 2.48. The SMILES string of the molecule is Cc1ccncc1NC(=O)C(C)c1cccc(C#N)c1. The lowest BCUT2D eigenvalue weighted by Crippen LogP contribution is -2.19. The number of hydrogen-bond acceptors (Lipinski definition) is 3. The third kappa shape index (κ3) is 3.01. The van der Waals surface area contributed by atoms with Crippen LogP contribution in [-0.4, -0.2) is 10.9 Å². The molecule has 2 rings (SSSR count). The number of hydrogen-bond donors (Lipinski definition) is 1. The standard InChI is InChI=1S/C16H15N3O/c1-11-6-7-18-10-15(11)19-16(20)12(2)14-5-3-4-13(8-14)9-17/h3-8,10,12H,1-2H3,(H,19,20). The molecule has 0 bridgehead atoms. The lowest BCUT2D eigenvalue weighted by atomic mass is 9.98. The highest BCUT2D eigenvalue weighted by atomic mass is 16.1. The zero-order valence-corrected chi connectivity index (χ0v) is 11.4. The van der Waals surface area contributed by atoms with Crippen LogP contribution in [-0.2, 0) is 4.79 Å². The molecule has 20 heavy (non-hydrogen) atoms. The number of nitrogens with one attached hydrogen (secondary N) is 1. The molecule has 1 heterocycles. The lowest BCUT2D eigenvalue weighted by molar-refractivity contribution is -0.117. The Kier molecular flexibility index (Phi) is 4.11. The molecule has 1 aromatic carbocycles. The molecule has 1 aromatic heterocycles. The van der Waals surface area contributed by atoms with Crippen LogP contribution in [0.2, 0.25) is 0 Å². The van der Waals surface area contributed by atoms with Crippen molar-refractivity contribution in [3.8, 4) is 6.07 Å². The maximum Gasteiger partial charge on any atom is 0.231 e. The van der Waals surface area contributed by atoms with Gasteiger partial charge in [0, 0.05) is 6.20 Å². The summed E-state index contributed by atoms with van der Waals surface area (Å²) in [5, 5.41) is 11.8. The van der Waals surface area contributed by atoms with Crippen molar-refractivity contribution >= 4 is 11.6 Å². The van der Waals surface area contributed by atoms with E-state index in [2.05, 4.69) is 16.4 Å². The maximum atomic E-state index is 12.2. The van der Waals surface area contributed by atoms with E-state index in [9.17, 15) is 4.79 Å². The molecule has 1 unspecified atom stereocenters. The molecule has 0 aliphatic carbocycles. The van der Waals surface area contributed by atoms with E-state index in [1.165, 1.54) is 0 Å². The minimum atomic E-state index is -0.331. The van der Waals surface area contributed by atoms with Crippen LogP contribution in [0.1, 0.15) is 29.5 Å². The number of anilines is 1. The van der Waals surface area contributed by atoms with Crippen LogP contribution in [0.4, 0.5) is 5.69 Å². The van der Waals surface area contributed by atoms with Crippen molar-refractivity contribution in [1.82, 2.24) is 4.98 Å². The van der Waals surface area contributed by atoms with E-state index in [-0.39, 0.29) is 11.8 Å². The van der Waals surface area contributed by atoms with Gasteiger partial charge >= 0.3 is 0 Å². The molecule has 4 heteroatoms. The molecule has 100 valence electrons. The smallest absolute Gasteiger partial charge is 0.231 e. The summed E-state index contributed by atoms with van der Waals surface area (Å²) < 4.78 is 0. The quantitative estimate of drug-likeness (QED) is 0.927. The number of pyridine rings is 1. The first kappa shape index (κ1) is 13.8. The van der Waals surface area contributed by atoms with Crippen LogP contribution in [0.25, 0.3) is 0 Å². The van der Waals surface area contributed by atoms with Crippen LogP contribution in [0.3, 0.4) is 0 Å². The summed E-state index contributed by atoms with van der Waals surface area (Å²) in [6.45, 7) is 3.73. The summed E-state index contributed by atoms with van der Waals surface area (Å²) in [4.78, 5) is 16.2. The Morgan fingerprint density at radius 3 is 2.90 bits per heavy atom. The minimum absolute atomic E-state index is 0.115. The predicted molar refractivity (Wildman–Crippen MR) is 77.2 cm³/mol. The summed E-state index contributed by atoms with van der Waals surface area (Å²) in [7, 11) is 0. The van der Waals surface area contributed by atoms with Crippen LogP contribution in [0, 0.1) is 18.3 Å². The van der Waals surface area contributed by atoms with E-state index in [0.29, 0.717) is 11.3 Å². The van der Waals surface area contributed by atoms with Gasteiger partial charge in [-0.1, -0.05) is 12.1 Å². The van der Waals surface area contributed by atoms with Crippen molar-refractivity contribution in [3.63, 3.8) is 0 Å². The molecule has 0 spiro atoms. The Morgan fingerprint density at radius 2 is 2.20 bits per heavy atom. The highest BCUT2D eigenvalue weighted by Gasteiger charge is 2.16. The van der Waals surface area contributed by atoms with Gasteiger partial charge < -0.3 is 5.32 Å². The third-order valence-corrected chi connectivity index (χ3v) is 3.21. The number of rotatable bonds is 3. The fourth-order valence-electron chi connectivity index (χ4n) is 1.86. The topological polar surface area (TPSA) is 65.8 Å². The van der Waals surface area contributed by atoms with Crippen molar-refractivity contribution < 1.29 is 4.79 Å². The molecule has 0 aliphatic rings. The van der Waals surface area contributed by atoms with Crippen molar-refractivity contribution in [2.24, 2.45) is 0 Å². The van der Waals surface area contributed by atoms with Crippen molar-refractivity contribution in [2.45, 2.75) is 19.8 Å².